The summed E-state index contributed by atoms with van der Waals surface area (Å²) in [5, 5.41) is 0. The van der Waals surface area contributed by atoms with E-state index >= 15 is 0 Å². The Labute approximate surface area is 107 Å². The molecule has 1 aromatic carbocycles. The molecule has 0 saturated heterocycles. The van der Waals surface area contributed by atoms with Crippen LogP contribution in [0.4, 0.5) is 0 Å². The minimum atomic E-state index is 1.10. The molecule has 0 spiro atoms. The monoisotopic (exact) mass is 230 g/mol. The van der Waals surface area contributed by atoms with E-state index < -0.39 is 0 Å². The van der Waals surface area contributed by atoms with Gasteiger partial charge < -0.3 is 0 Å². The van der Waals surface area contributed by atoms with Gasteiger partial charge in [-0.1, -0.05) is 18.6 Å². The van der Waals surface area contributed by atoms with Crippen LogP contribution >= 0.6 is 0 Å². The zero-order chi connectivity index (χ0) is 13.2. The maximum absolute atomic E-state index is 2.34. The average Bonchev–Trinajstić information content (AvgIpc) is 2.30. The number of hydrogen-bond acceptors (Lipinski definition) is 0. The molecule has 0 saturated carbocycles. The second-order valence-corrected chi connectivity index (χ2v) is 5.24. The molecule has 1 rings (SSSR count). The van der Waals surface area contributed by atoms with Gasteiger partial charge in [-0.2, -0.15) is 0 Å². The summed E-state index contributed by atoms with van der Waals surface area (Å²) in [6.45, 7) is 15.7. The van der Waals surface area contributed by atoms with Gasteiger partial charge in [0.05, 0.1) is 0 Å². The van der Waals surface area contributed by atoms with Crippen molar-refractivity contribution in [3.63, 3.8) is 0 Å². The second-order valence-electron chi connectivity index (χ2n) is 5.24. The first-order chi connectivity index (χ1) is 7.90. The lowest BCUT2D eigenvalue weighted by Gasteiger charge is -2.19. The zero-order valence-corrected chi connectivity index (χ0v) is 12.5. The highest BCUT2D eigenvalue weighted by molar-refractivity contribution is 5.50. The summed E-state index contributed by atoms with van der Waals surface area (Å²) in [4.78, 5) is 0. The van der Waals surface area contributed by atoms with Gasteiger partial charge in [-0.3, -0.25) is 0 Å². The Balaban J connectivity index is 3.30. The summed E-state index contributed by atoms with van der Waals surface area (Å²) in [5.74, 6) is 0. The molecule has 0 nitrogen and oxygen atoms in total. The topological polar surface area (TPSA) is 0 Å². The zero-order valence-electron chi connectivity index (χ0n) is 12.5. The lowest BCUT2D eigenvalue weighted by Crippen LogP contribution is -2.03. The Morgan fingerprint density at radius 2 is 1.24 bits per heavy atom. The fourth-order valence-corrected chi connectivity index (χ4v) is 2.54. The highest BCUT2D eigenvalue weighted by Crippen LogP contribution is 2.27. The molecular weight excluding hydrogens is 204 g/mol. The number of benzene rings is 1. The molecule has 0 radical (unpaired) electrons. The number of allylic oxidation sites excluding steroid dienone is 2. The molecule has 17 heavy (non-hydrogen) atoms. The van der Waals surface area contributed by atoms with E-state index in [-0.39, 0.29) is 0 Å². The molecule has 0 aromatic heterocycles. The molecule has 0 atom stereocenters. The van der Waals surface area contributed by atoms with Crippen LogP contribution < -0.4 is 0 Å². The molecule has 94 valence electrons. The molecule has 0 aliphatic carbocycles. The molecule has 0 aliphatic rings. The lowest BCUT2D eigenvalue weighted by atomic mass is 9.87. The molecule has 0 amide bonds. The summed E-state index contributed by atoms with van der Waals surface area (Å²) < 4.78 is 0. The van der Waals surface area contributed by atoms with Crippen LogP contribution in [0.3, 0.4) is 0 Å². The lowest BCUT2D eigenvalue weighted by molar-refractivity contribution is 1.03. The maximum Gasteiger partial charge on any atom is -0.00644 e. The molecule has 0 aliphatic heterocycles. The van der Waals surface area contributed by atoms with Crippen molar-refractivity contribution in [2.75, 3.05) is 0 Å². The van der Waals surface area contributed by atoms with Gasteiger partial charge in [0.25, 0.3) is 0 Å². The fraction of sp³-hybridized carbons (Fsp3) is 0.529. The first kappa shape index (κ1) is 14.0. The van der Waals surface area contributed by atoms with E-state index in [1.54, 1.807) is 0 Å². The third kappa shape index (κ3) is 2.80. The molecule has 0 N–H and O–H groups in total. The minimum absolute atomic E-state index is 1.10. The first-order valence-electron chi connectivity index (χ1n) is 6.61. The van der Waals surface area contributed by atoms with E-state index in [1.807, 2.05) is 0 Å². The van der Waals surface area contributed by atoms with Crippen molar-refractivity contribution in [2.45, 2.75) is 61.3 Å². The summed E-state index contributed by atoms with van der Waals surface area (Å²) in [7, 11) is 0. The van der Waals surface area contributed by atoms with Crippen LogP contribution in [0.25, 0.3) is 0 Å². The van der Waals surface area contributed by atoms with E-state index in [4.69, 9.17) is 0 Å². The summed E-state index contributed by atoms with van der Waals surface area (Å²) in [6.07, 6.45) is 4.57. The molecule has 0 fully saturated rings. The third-order valence-electron chi connectivity index (χ3n) is 4.16. The van der Waals surface area contributed by atoms with E-state index in [9.17, 15) is 0 Å². The minimum Gasteiger partial charge on any atom is -0.0855 e. The number of rotatable bonds is 3. The standard InChI is InChI=1S/C17H26/c1-8-9-11(2)10-17-15(6)13(4)12(3)14(5)16(17)7/h9H,8,10H2,1-7H3/b11-9-. The second kappa shape index (κ2) is 5.53. The van der Waals surface area contributed by atoms with Crippen LogP contribution in [0.1, 0.15) is 53.6 Å². The van der Waals surface area contributed by atoms with Gasteiger partial charge >= 0.3 is 0 Å². The van der Waals surface area contributed by atoms with Gasteiger partial charge in [-0.15, -0.1) is 0 Å². The van der Waals surface area contributed by atoms with E-state index in [0.717, 1.165) is 12.8 Å². The van der Waals surface area contributed by atoms with Crippen LogP contribution in [0.15, 0.2) is 11.6 Å². The predicted octanol–water partition coefficient (Wildman–Crippen LogP) is 5.13. The first-order valence-corrected chi connectivity index (χ1v) is 6.61. The van der Waals surface area contributed by atoms with E-state index in [2.05, 4.69) is 54.5 Å². The summed E-state index contributed by atoms with van der Waals surface area (Å²) >= 11 is 0. The van der Waals surface area contributed by atoms with Gasteiger partial charge in [-0.05, 0) is 87.8 Å². The van der Waals surface area contributed by atoms with Crippen molar-refractivity contribution >= 4 is 0 Å². The molecule has 0 unspecified atom stereocenters. The van der Waals surface area contributed by atoms with Crippen LogP contribution in [-0.2, 0) is 6.42 Å². The largest absolute Gasteiger partial charge is 0.0855 e. The van der Waals surface area contributed by atoms with Gasteiger partial charge in [0.2, 0.25) is 0 Å². The highest BCUT2D eigenvalue weighted by Gasteiger charge is 2.11. The summed E-state index contributed by atoms with van der Waals surface area (Å²) in [6, 6.07) is 0. The van der Waals surface area contributed by atoms with Crippen LogP contribution in [0.5, 0.6) is 0 Å². The van der Waals surface area contributed by atoms with E-state index in [0.29, 0.717) is 0 Å². The Bertz CT molecular complexity index is 419. The number of hydrogen-bond donors (Lipinski definition) is 0. The van der Waals surface area contributed by atoms with Crippen molar-refractivity contribution in [1.82, 2.24) is 0 Å². The SMILES string of the molecule is CC/C=C(/C)Cc1c(C)c(C)c(C)c(C)c1C. The van der Waals surface area contributed by atoms with Gasteiger partial charge in [0.1, 0.15) is 0 Å². The Hall–Kier alpha value is -1.04. The van der Waals surface area contributed by atoms with Crippen molar-refractivity contribution in [2.24, 2.45) is 0 Å². The Kier molecular flexibility index (Phi) is 4.56. The normalized spacial score (nSPS) is 12.1. The van der Waals surface area contributed by atoms with Crippen molar-refractivity contribution in [3.8, 4) is 0 Å². The van der Waals surface area contributed by atoms with Crippen LogP contribution in [0, 0.1) is 34.6 Å². The van der Waals surface area contributed by atoms with Gasteiger partial charge in [-0.25, -0.2) is 0 Å². The molecular formula is C17H26. The molecule has 0 bridgehead atoms. The van der Waals surface area contributed by atoms with Crippen LogP contribution in [-0.4, -0.2) is 0 Å². The van der Waals surface area contributed by atoms with Crippen molar-refractivity contribution in [1.29, 1.82) is 0 Å². The Morgan fingerprint density at radius 3 is 1.65 bits per heavy atom. The predicted molar refractivity (Wildman–Crippen MR) is 77.9 cm³/mol. The van der Waals surface area contributed by atoms with Crippen molar-refractivity contribution in [3.05, 3.63) is 45.0 Å². The fourth-order valence-electron chi connectivity index (χ4n) is 2.54. The summed E-state index contributed by atoms with van der Waals surface area (Å²) in [5.41, 5.74) is 10.4. The van der Waals surface area contributed by atoms with Gasteiger partial charge in [0, 0.05) is 0 Å². The maximum atomic E-state index is 2.34. The van der Waals surface area contributed by atoms with E-state index in [1.165, 1.54) is 39.0 Å². The molecule has 0 heterocycles. The average molecular weight is 230 g/mol. The molecule has 0 heteroatoms. The Morgan fingerprint density at radius 1 is 0.824 bits per heavy atom. The molecule has 1 aromatic rings. The highest BCUT2D eigenvalue weighted by atomic mass is 14.2. The van der Waals surface area contributed by atoms with Gasteiger partial charge in [0.15, 0.2) is 0 Å². The quantitative estimate of drug-likeness (QED) is 0.632. The smallest absolute Gasteiger partial charge is 0.00644 e. The third-order valence-corrected chi connectivity index (χ3v) is 4.16. The van der Waals surface area contributed by atoms with Crippen molar-refractivity contribution < 1.29 is 0 Å². The van der Waals surface area contributed by atoms with Crippen LogP contribution in [0.2, 0.25) is 0 Å².